The van der Waals surface area contributed by atoms with E-state index in [9.17, 15) is 0 Å². The zero-order chi connectivity index (χ0) is 22.6. The lowest BCUT2D eigenvalue weighted by atomic mass is 10.1. The summed E-state index contributed by atoms with van der Waals surface area (Å²) in [4.78, 5) is 3.76. The number of rotatable bonds is 6. The molecule has 0 saturated heterocycles. The lowest BCUT2D eigenvalue weighted by Gasteiger charge is -2.17. The maximum absolute atomic E-state index is 2.39. The number of nitrogens with zero attached hydrogens (tertiary/aromatic N) is 2. The van der Waals surface area contributed by atoms with Crippen molar-refractivity contribution in [2.24, 2.45) is 0 Å². The molecule has 0 atom stereocenters. The van der Waals surface area contributed by atoms with Gasteiger partial charge in [-0.25, -0.2) is 0 Å². The van der Waals surface area contributed by atoms with Crippen LogP contribution in [-0.2, 0) is 6.54 Å². The number of hydrogen-bond acceptors (Lipinski definition) is 3. The molecule has 0 radical (unpaired) electrons. The lowest BCUT2D eigenvalue weighted by molar-refractivity contribution is -0.665. The van der Waals surface area contributed by atoms with Gasteiger partial charge >= 0.3 is 0 Å². The van der Waals surface area contributed by atoms with Crippen LogP contribution in [0.5, 0.6) is 0 Å². The quantitative estimate of drug-likeness (QED) is 0.210. The van der Waals surface area contributed by atoms with Gasteiger partial charge in [-0.2, -0.15) is 4.57 Å². The molecule has 0 saturated carbocycles. The molecular weight excluding hydrogens is 440 g/mol. The molecular formula is C29H27N2S2+. The van der Waals surface area contributed by atoms with E-state index < -0.39 is 0 Å². The van der Waals surface area contributed by atoms with Gasteiger partial charge in [-0.05, 0) is 42.8 Å². The van der Waals surface area contributed by atoms with E-state index in [2.05, 4.69) is 127 Å². The number of anilines is 1. The molecule has 2 heterocycles. The second kappa shape index (κ2) is 9.82. The Morgan fingerprint density at radius 3 is 2.52 bits per heavy atom. The molecule has 0 fully saturated rings. The van der Waals surface area contributed by atoms with Crippen molar-refractivity contribution in [1.82, 2.24) is 0 Å². The summed E-state index contributed by atoms with van der Waals surface area (Å²) >= 11 is 3.70. The first-order valence-corrected chi connectivity index (χ1v) is 13.0. The van der Waals surface area contributed by atoms with Crippen molar-refractivity contribution in [2.75, 3.05) is 11.4 Å². The third-order valence-corrected chi connectivity index (χ3v) is 8.14. The highest BCUT2D eigenvalue weighted by atomic mass is 32.2. The third-order valence-electron chi connectivity index (χ3n) is 5.81. The summed E-state index contributed by atoms with van der Waals surface area (Å²) in [7, 11) is 0. The Balaban J connectivity index is 1.29. The Labute approximate surface area is 203 Å². The number of hydrogen-bond donors (Lipinski definition) is 0. The minimum Gasteiger partial charge on any atom is -0.335 e. The van der Waals surface area contributed by atoms with Crippen molar-refractivity contribution in [3.8, 4) is 0 Å². The summed E-state index contributed by atoms with van der Waals surface area (Å²) in [5, 5.41) is 5.19. The highest BCUT2D eigenvalue weighted by Gasteiger charge is 2.25. The van der Waals surface area contributed by atoms with Crippen LogP contribution in [0.3, 0.4) is 0 Å². The normalized spacial score (nSPS) is 15.3. The SMILES string of the molecule is CCN1C(=CC=CC=CC=Cc2sc3ccccc3[n+]2CC)Sc2c1ccc1ccccc21. The molecule has 0 spiro atoms. The van der Waals surface area contributed by atoms with Gasteiger partial charge in [-0.1, -0.05) is 95.9 Å². The zero-order valence-electron chi connectivity index (χ0n) is 18.9. The summed E-state index contributed by atoms with van der Waals surface area (Å²) in [6.45, 7) is 6.35. The summed E-state index contributed by atoms with van der Waals surface area (Å²) in [5.41, 5.74) is 2.62. The van der Waals surface area contributed by atoms with E-state index in [0.29, 0.717) is 0 Å². The maximum Gasteiger partial charge on any atom is 0.262 e. The molecule has 1 aromatic heterocycles. The van der Waals surface area contributed by atoms with E-state index in [1.807, 2.05) is 23.1 Å². The molecule has 5 rings (SSSR count). The molecule has 0 N–H and O–H groups in total. The molecule has 4 heteroatoms. The Hall–Kier alpha value is -3.08. The highest BCUT2D eigenvalue weighted by Crippen LogP contribution is 2.49. The number of benzene rings is 3. The van der Waals surface area contributed by atoms with Crippen molar-refractivity contribution in [3.05, 3.63) is 107 Å². The molecule has 1 aliphatic rings. The van der Waals surface area contributed by atoms with Crippen LogP contribution in [0.15, 0.2) is 107 Å². The smallest absolute Gasteiger partial charge is 0.262 e. The number of allylic oxidation sites excluding steroid dienone is 6. The van der Waals surface area contributed by atoms with Gasteiger partial charge < -0.3 is 4.90 Å². The highest BCUT2D eigenvalue weighted by molar-refractivity contribution is 8.04. The van der Waals surface area contributed by atoms with Gasteiger partial charge in [0.1, 0.15) is 11.2 Å². The number of thiazole rings is 1. The fourth-order valence-electron chi connectivity index (χ4n) is 4.25. The fraction of sp³-hybridized carbons (Fsp3) is 0.138. The van der Waals surface area contributed by atoms with Gasteiger partial charge in [-0.15, -0.1) is 0 Å². The monoisotopic (exact) mass is 467 g/mol. The van der Waals surface area contributed by atoms with Crippen molar-refractivity contribution in [2.45, 2.75) is 25.3 Å². The van der Waals surface area contributed by atoms with Crippen LogP contribution < -0.4 is 9.47 Å². The molecule has 3 aromatic carbocycles. The van der Waals surface area contributed by atoms with E-state index in [1.54, 1.807) is 0 Å². The molecule has 0 aliphatic carbocycles. The van der Waals surface area contributed by atoms with Crippen molar-refractivity contribution < 1.29 is 4.57 Å². The first-order chi connectivity index (χ1) is 16.3. The summed E-state index contributed by atoms with van der Waals surface area (Å²) in [6, 6.07) is 21.7. The largest absolute Gasteiger partial charge is 0.335 e. The average molecular weight is 468 g/mol. The van der Waals surface area contributed by atoms with Crippen molar-refractivity contribution in [3.63, 3.8) is 0 Å². The third kappa shape index (κ3) is 4.29. The molecule has 1 aliphatic heterocycles. The molecule has 0 amide bonds. The van der Waals surface area contributed by atoms with Gasteiger partial charge in [0, 0.05) is 23.6 Å². The molecule has 164 valence electrons. The van der Waals surface area contributed by atoms with Crippen LogP contribution in [0, 0.1) is 0 Å². The van der Waals surface area contributed by atoms with E-state index in [-0.39, 0.29) is 0 Å². The topological polar surface area (TPSA) is 7.12 Å². The number of aryl methyl sites for hydroxylation is 1. The van der Waals surface area contributed by atoms with Crippen LogP contribution in [-0.4, -0.2) is 6.54 Å². The zero-order valence-corrected chi connectivity index (χ0v) is 20.6. The minimum absolute atomic E-state index is 0.961. The number of thioether (sulfide) groups is 1. The Kier molecular flexibility index (Phi) is 6.47. The summed E-state index contributed by atoms with van der Waals surface area (Å²) in [5.74, 6) is 0. The summed E-state index contributed by atoms with van der Waals surface area (Å²) in [6.07, 6.45) is 15.0. The van der Waals surface area contributed by atoms with Crippen LogP contribution in [0.2, 0.25) is 0 Å². The van der Waals surface area contributed by atoms with E-state index in [0.717, 1.165) is 13.1 Å². The van der Waals surface area contributed by atoms with E-state index in [4.69, 9.17) is 0 Å². The molecule has 33 heavy (non-hydrogen) atoms. The van der Waals surface area contributed by atoms with Crippen LogP contribution in [0.25, 0.3) is 27.1 Å². The van der Waals surface area contributed by atoms with Gasteiger partial charge in [-0.3, -0.25) is 0 Å². The van der Waals surface area contributed by atoms with Crippen molar-refractivity contribution in [1.29, 1.82) is 0 Å². The Morgan fingerprint density at radius 2 is 1.64 bits per heavy atom. The maximum atomic E-state index is 2.39. The van der Waals surface area contributed by atoms with Crippen molar-refractivity contribution >= 4 is 55.9 Å². The first kappa shape index (κ1) is 21.7. The van der Waals surface area contributed by atoms with Crippen LogP contribution in [0.1, 0.15) is 18.9 Å². The summed E-state index contributed by atoms with van der Waals surface area (Å²) < 4.78 is 3.70. The number of fused-ring (bicyclic) bond motifs is 4. The molecule has 0 bridgehead atoms. The molecule has 2 nitrogen and oxygen atoms in total. The second-order valence-corrected chi connectivity index (χ2v) is 9.86. The van der Waals surface area contributed by atoms with E-state index in [1.165, 1.54) is 41.6 Å². The predicted octanol–water partition coefficient (Wildman–Crippen LogP) is 7.96. The van der Waals surface area contributed by atoms with Gasteiger partial charge in [0.2, 0.25) is 5.52 Å². The Bertz CT molecular complexity index is 1420. The number of para-hydroxylation sites is 1. The van der Waals surface area contributed by atoms with Gasteiger partial charge in [0.25, 0.3) is 5.01 Å². The average Bonchev–Trinajstić information content (AvgIpc) is 3.40. The van der Waals surface area contributed by atoms with E-state index >= 15 is 0 Å². The van der Waals surface area contributed by atoms with Crippen LogP contribution >= 0.6 is 23.1 Å². The van der Waals surface area contributed by atoms with Gasteiger partial charge in [0.05, 0.1) is 10.7 Å². The van der Waals surface area contributed by atoms with Crippen LogP contribution in [0.4, 0.5) is 5.69 Å². The predicted molar refractivity (Wildman–Crippen MR) is 146 cm³/mol. The molecule has 0 unspecified atom stereocenters. The Morgan fingerprint density at radius 1 is 0.848 bits per heavy atom. The number of aromatic nitrogens is 1. The molecule has 4 aromatic rings. The second-order valence-electron chi connectivity index (χ2n) is 7.77. The van der Waals surface area contributed by atoms with Gasteiger partial charge in [0.15, 0.2) is 0 Å². The standard InChI is InChI=1S/C29H27N2S2/c1-3-30-24-16-12-13-17-26(24)32-27(30)18-8-6-5-7-9-19-28-31(4-2)25-21-20-22-14-10-11-15-23(22)29(25)33-28/h5-21H,3-4H2,1-2H3/q+1. The fourth-order valence-corrected chi connectivity index (χ4v) is 6.66. The lowest BCUT2D eigenvalue weighted by Crippen LogP contribution is -2.33. The minimum atomic E-state index is 0.961. The first-order valence-electron chi connectivity index (χ1n) is 11.4.